The van der Waals surface area contributed by atoms with Gasteiger partial charge in [-0.25, -0.2) is 14.5 Å². The van der Waals surface area contributed by atoms with Crippen molar-refractivity contribution in [2.75, 3.05) is 13.9 Å². The molecule has 0 amide bonds. The molecule has 1 N–H and O–H groups in total. The first-order valence-corrected chi connectivity index (χ1v) is 6.73. The van der Waals surface area contributed by atoms with Crippen LogP contribution in [0.1, 0.15) is 11.1 Å². The van der Waals surface area contributed by atoms with Crippen LogP contribution in [0, 0.1) is 0 Å². The zero-order chi connectivity index (χ0) is 15.7. The Morgan fingerprint density at radius 1 is 1.45 bits per heavy atom. The van der Waals surface area contributed by atoms with Crippen molar-refractivity contribution < 1.29 is 14.2 Å². The average Bonchev–Trinajstić information content (AvgIpc) is 2.51. The Bertz CT molecular complexity index is 829. The molecular weight excluding hydrogens is 314 g/mol. The Balaban J connectivity index is 2.10. The number of hydrogen-bond donors (Lipinski definition) is 1. The van der Waals surface area contributed by atoms with Gasteiger partial charge in [-0.2, -0.15) is 0 Å². The summed E-state index contributed by atoms with van der Waals surface area (Å²) >= 11 is 6.06. The molecule has 0 saturated carbocycles. The van der Waals surface area contributed by atoms with Crippen LogP contribution in [0.3, 0.4) is 0 Å². The lowest BCUT2D eigenvalue weighted by atomic mass is 10.1. The number of hydrogen-bond acceptors (Lipinski definition) is 6. The number of ether oxygens (including phenoxy) is 3. The minimum Gasteiger partial charge on any atom is -0.476 e. The summed E-state index contributed by atoms with van der Waals surface area (Å²) in [5.41, 5.74) is 0.0875. The Kier molecular flexibility index (Phi) is 3.86. The molecule has 1 aliphatic rings. The fourth-order valence-electron chi connectivity index (χ4n) is 2.24. The highest BCUT2D eigenvalue weighted by Gasteiger charge is 2.18. The smallest absolute Gasteiger partial charge is 0.345 e. The number of aromatic nitrogens is 3. The predicted molar refractivity (Wildman–Crippen MR) is 76.5 cm³/mol. The van der Waals surface area contributed by atoms with E-state index >= 15 is 0 Å². The van der Waals surface area contributed by atoms with E-state index in [1.165, 1.54) is 7.11 Å². The summed E-state index contributed by atoms with van der Waals surface area (Å²) in [4.78, 5) is 24.0. The first-order chi connectivity index (χ1) is 10.6. The van der Waals surface area contributed by atoms with E-state index in [-0.39, 0.29) is 19.2 Å². The highest BCUT2D eigenvalue weighted by Crippen LogP contribution is 2.31. The van der Waals surface area contributed by atoms with Gasteiger partial charge in [0.1, 0.15) is 5.75 Å². The third-order valence-corrected chi connectivity index (χ3v) is 3.42. The SMILES string of the molecule is COc1n[nH]c(=O)n(Cc2cc(Cl)cc3c2OCOC3)c1=O. The lowest BCUT2D eigenvalue weighted by Crippen LogP contribution is -2.37. The summed E-state index contributed by atoms with van der Waals surface area (Å²) in [5, 5.41) is 6.21. The van der Waals surface area contributed by atoms with Crippen molar-refractivity contribution >= 4 is 11.6 Å². The molecule has 3 rings (SSSR count). The van der Waals surface area contributed by atoms with Crippen molar-refractivity contribution in [3.8, 4) is 11.6 Å². The van der Waals surface area contributed by atoms with Crippen LogP contribution in [-0.2, 0) is 17.9 Å². The quantitative estimate of drug-likeness (QED) is 0.883. The van der Waals surface area contributed by atoms with Crippen molar-refractivity contribution in [2.24, 2.45) is 0 Å². The van der Waals surface area contributed by atoms with Gasteiger partial charge < -0.3 is 14.2 Å². The van der Waals surface area contributed by atoms with Gasteiger partial charge in [-0.05, 0) is 12.1 Å². The summed E-state index contributed by atoms with van der Waals surface area (Å²) in [6, 6.07) is 3.37. The summed E-state index contributed by atoms with van der Waals surface area (Å²) in [6.45, 7) is 0.441. The summed E-state index contributed by atoms with van der Waals surface area (Å²) < 4.78 is 16.4. The number of nitrogens with zero attached hydrogens (tertiary/aromatic N) is 2. The van der Waals surface area contributed by atoms with E-state index in [0.717, 1.165) is 10.1 Å². The van der Waals surface area contributed by atoms with Crippen molar-refractivity contribution in [1.82, 2.24) is 14.8 Å². The number of H-pyrrole nitrogens is 1. The van der Waals surface area contributed by atoms with Crippen LogP contribution in [0.2, 0.25) is 5.02 Å². The third-order valence-electron chi connectivity index (χ3n) is 3.20. The van der Waals surface area contributed by atoms with Crippen LogP contribution >= 0.6 is 11.6 Å². The van der Waals surface area contributed by atoms with Gasteiger partial charge in [0, 0.05) is 16.1 Å². The van der Waals surface area contributed by atoms with Crippen molar-refractivity contribution in [1.29, 1.82) is 0 Å². The molecule has 0 saturated heterocycles. The lowest BCUT2D eigenvalue weighted by Gasteiger charge is -2.21. The van der Waals surface area contributed by atoms with Gasteiger partial charge in [0.05, 0.1) is 20.3 Å². The summed E-state index contributed by atoms with van der Waals surface area (Å²) in [6.07, 6.45) is 0. The molecule has 0 spiro atoms. The monoisotopic (exact) mass is 325 g/mol. The number of halogens is 1. The second-order valence-corrected chi connectivity index (χ2v) is 5.03. The number of fused-ring (bicyclic) bond motifs is 1. The molecule has 9 heteroatoms. The van der Waals surface area contributed by atoms with E-state index in [4.69, 9.17) is 25.8 Å². The van der Waals surface area contributed by atoms with Gasteiger partial charge in [-0.15, -0.1) is 5.10 Å². The molecule has 1 aromatic heterocycles. The van der Waals surface area contributed by atoms with Gasteiger partial charge >= 0.3 is 11.2 Å². The number of rotatable bonds is 3. The molecule has 2 aromatic rings. The first kappa shape index (κ1) is 14.6. The van der Waals surface area contributed by atoms with Crippen LogP contribution in [0.25, 0.3) is 0 Å². The Morgan fingerprint density at radius 3 is 3.05 bits per heavy atom. The van der Waals surface area contributed by atoms with E-state index in [1.54, 1.807) is 12.1 Å². The molecule has 1 aromatic carbocycles. The fourth-order valence-corrected chi connectivity index (χ4v) is 2.50. The molecule has 116 valence electrons. The van der Waals surface area contributed by atoms with Gasteiger partial charge in [-0.3, -0.25) is 4.79 Å². The molecule has 2 heterocycles. The van der Waals surface area contributed by atoms with E-state index in [0.29, 0.717) is 22.9 Å². The second kappa shape index (κ2) is 5.82. The minimum absolute atomic E-state index is 0.0179. The van der Waals surface area contributed by atoms with Crippen LogP contribution in [0.4, 0.5) is 0 Å². The molecule has 0 fully saturated rings. The largest absolute Gasteiger partial charge is 0.476 e. The molecule has 0 aliphatic carbocycles. The predicted octanol–water partition coefficient (Wildman–Crippen LogP) is 0.508. The van der Waals surface area contributed by atoms with Crippen LogP contribution < -0.4 is 20.7 Å². The zero-order valence-corrected chi connectivity index (χ0v) is 12.3. The van der Waals surface area contributed by atoms with E-state index in [9.17, 15) is 9.59 Å². The Labute approximate surface area is 129 Å². The van der Waals surface area contributed by atoms with Gasteiger partial charge in [-0.1, -0.05) is 11.6 Å². The van der Waals surface area contributed by atoms with Gasteiger partial charge in [0.2, 0.25) is 0 Å². The van der Waals surface area contributed by atoms with E-state index < -0.39 is 11.2 Å². The second-order valence-electron chi connectivity index (χ2n) is 4.59. The van der Waals surface area contributed by atoms with Crippen LogP contribution in [0.5, 0.6) is 11.6 Å². The Morgan fingerprint density at radius 2 is 2.27 bits per heavy atom. The van der Waals surface area contributed by atoms with Crippen LogP contribution in [-0.4, -0.2) is 28.7 Å². The molecule has 0 unspecified atom stereocenters. The maximum Gasteiger partial charge on any atom is 0.345 e. The highest BCUT2D eigenvalue weighted by atomic mass is 35.5. The van der Waals surface area contributed by atoms with Crippen molar-refractivity contribution in [2.45, 2.75) is 13.2 Å². The first-order valence-electron chi connectivity index (χ1n) is 6.35. The number of nitrogens with one attached hydrogen (secondary N) is 1. The number of methoxy groups -OCH3 is 1. The maximum absolute atomic E-state index is 12.1. The molecule has 0 bridgehead atoms. The van der Waals surface area contributed by atoms with Gasteiger partial charge in [0.25, 0.3) is 5.88 Å². The highest BCUT2D eigenvalue weighted by molar-refractivity contribution is 6.30. The minimum atomic E-state index is -0.647. The standard InChI is InChI=1S/C13H12ClN3O5/c1-20-11-12(18)17(13(19)16-15-11)4-7-2-9(14)3-8-5-21-6-22-10(7)8/h2-3H,4-6H2,1H3,(H,16,19). The molecule has 0 radical (unpaired) electrons. The summed E-state index contributed by atoms with van der Waals surface area (Å²) in [7, 11) is 1.30. The molecule has 8 nitrogen and oxygen atoms in total. The van der Waals surface area contributed by atoms with Crippen molar-refractivity contribution in [3.63, 3.8) is 0 Å². The molecule has 22 heavy (non-hydrogen) atoms. The fraction of sp³-hybridized carbons (Fsp3) is 0.308. The molecule has 0 atom stereocenters. The van der Waals surface area contributed by atoms with Crippen LogP contribution in [0.15, 0.2) is 21.7 Å². The zero-order valence-electron chi connectivity index (χ0n) is 11.6. The third kappa shape index (κ3) is 2.58. The van der Waals surface area contributed by atoms with E-state index in [2.05, 4.69) is 10.2 Å². The normalized spacial score (nSPS) is 13.4. The molecular formula is C13H12ClN3O5. The maximum atomic E-state index is 12.1. The van der Waals surface area contributed by atoms with Gasteiger partial charge in [0.15, 0.2) is 6.79 Å². The Hall–Kier alpha value is -2.32. The van der Waals surface area contributed by atoms with E-state index in [1.807, 2.05) is 0 Å². The summed E-state index contributed by atoms with van der Waals surface area (Å²) in [5.74, 6) is 0.373. The molecule has 1 aliphatic heterocycles. The number of benzene rings is 1. The van der Waals surface area contributed by atoms with Crippen molar-refractivity contribution in [3.05, 3.63) is 49.1 Å². The lowest BCUT2D eigenvalue weighted by molar-refractivity contribution is -0.0171. The average molecular weight is 326 g/mol. The number of aromatic amines is 1. The topological polar surface area (TPSA) is 95.4 Å².